The van der Waals surface area contributed by atoms with Crippen molar-refractivity contribution in [2.75, 3.05) is 26.1 Å². The number of rotatable bonds is 7. The Morgan fingerprint density at radius 2 is 2.08 bits per heavy atom. The highest BCUT2D eigenvalue weighted by atomic mass is 32.1. The van der Waals surface area contributed by atoms with E-state index in [1.165, 1.54) is 18.4 Å². The fourth-order valence-corrected chi connectivity index (χ4v) is 3.29. The molecule has 7 nitrogen and oxygen atoms in total. The molecule has 3 rings (SSSR count). The molecule has 0 unspecified atom stereocenters. The normalized spacial score (nSPS) is 13.2. The third-order valence-corrected chi connectivity index (χ3v) is 4.90. The van der Waals surface area contributed by atoms with Gasteiger partial charge in [-0.2, -0.15) is 0 Å². The summed E-state index contributed by atoms with van der Waals surface area (Å²) in [6, 6.07) is 5.12. The van der Waals surface area contributed by atoms with Crippen LogP contribution < -0.4 is 14.8 Å². The molecule has 1 aromatic heterocycles. The van der Waals surface area contributed by atoms with Gasteiger partial charge in [-0.05, 0) is 31.9 Å². The SMILES string of the molecule is COc1ccc(C(=O)N(CC(=O)Nc2ncc(C)s2)C2CC2)c(OC)c1. The fourth-order valence-electron chi connectivity index (χ4n) is 2.61. The van der Waals surface area contributed by atoms with Crippen LogP contribution in [0.3, 0.4) is 0 Å². The van der Waals surface area contributed by atoms with E-state index in [1.807, 2.05) is 6.92 Å². The quantitative estimate of drug-likeness (QED) is 0.805. The van der Waals surface area contributed by atoms with E-state index in [-0.39, 0.29) is 24.4 Å². The van der Waals surface area contributed by atoms with Gasteiger partial charge in [0, 0.05) is 23.2 Å². The highest BCUT2D eigenvalue weighted by molar-refractivity contribution is 7.15. The number of amides is 2. The lowest BCUT2D eigenvalue weighted by molar-refractivity contribution is -0.117. The van der Waals surface area contributed by atoms with Crippen molar-refractivity contribution >= 4 is 28.3 Å². The summed E-state index contributed by atoms with van der Waals surface area (Å²) >= 11 is 1.40. The molecule has 26 heavy (non-hydrogen) atoms. The Hall–Kier alpha value is -2.61. The van der Waals surface area contributed by atoms with Crippen LogP contribution in [0.1, 0.15) is 28.1 Å². The van der Waals surface area contributed by atoms with E-state index in [4.69, 9.17) is 9.47 Å². The average Bonchev–Trinajstić information content (AvgIpc) is 3.41. The van der Waals surface area contributed by atoms with Crippen molar-refractivity contribution in [1.82, 2.24) is 9.88 Å². The number of aryl methyl sites for hydroxylation is 1. The second kappa shape index (κ2) is 7.74. The van der Waals surface area contributed by atoms with E-state index in [1.54, 1.807) is 36.4 Å². The topological polar surface area (TPSA) is 80.8 Å². The number of hydrogen-bond donors (Lipinski definition) is 1. The highest BCUT2D eigenvalue weighted by Crippen LogP contribution is 2.32. The molecule has 1 saturated carbocycles. The third kappa shape index (κ3) is 4.13. The summed E-state index contributed by atoms with van der Waals surface area (Å²) in [5.41, 5.74) is 0.415. The smallest absolute Gasteiger partial charge is 0.258 e. The molecule has 1 aliphatic carbocycles. The zero-order chi connectivity index (χ0) is 18.7. The second-order valence-corrected chi connectivity index (χ2v) is 7.29. The van der Waals surface area contributed by atoms with Crippen molar-refractivity contribution in [3.63, 3.8) is 0 Å². The molecule has 1 N–H and O–H groups in total. The lowest BCUT2D eigenvalue weighted by Gasteiger charge is -2.22. The number of ether oxygens (including phenoxy) is 2. The van der Waals surface area contributed by atoms with Gasteiger partial charge in [0.2, 0.25) is 5.91 Å². The summed E-state index contributed by atoms with van der Waals surface area (Å²) in [5, 5.41) is 3.29. The summed E-state index contributed by atoms with van der Waals surface area (Å²) in [4.78, 5) is 32.1. The first-order valence-corrected chi connectivity index (χ1v) is 9.08. The Labute approximate surface area is 155 Å². The first-order valence-electron chi connectivity index (χ1n) is 8.27. The molecule has 1 fully saturated rings. The van der Waals surface area contributed by atoms with Gasteiger partial charge in [-0.15, -0.1) is 11.3 Å². The van der Waals surface area contributed by atoms with Gasteiger partial charge in [0.05, 0.1) is 19.8 Å². The van der Waals surface area contributed by atoms with E-state index >= 15 is 0 Å². The van der Waals surface area contributed by atoms with Crippen LogP contribution in [0.2, 0.25) is 0 Å². The number of aromatic nitrogens is 1. The minimum atomic E-state index is -0.257. The summed E-state index contributed by atoms with van der Waals surface area (Å²) in [7, 11) is 3.06. The lowest BCUT2D eigenvalue weighted by Crippen LogP contribution is -2.39. The Morgan fingerprint density at radius 1 is 1.31 bits per heavy atom. The lowest BCUT2D eigenvalue weighted by atomic mass is 10.1. The third-order valence-electron chi connectivity index (χ3n) is 4.07. The number of hydrogen-bond acceptors (Lipinski definition) is 6. The van der Waals surface area contributed by atoms with Crippen molar-refractivity contribution in [2.45, 2.75) is 25.8 Å². The molecule has 0 radical (unpaired) electrons. The number of nitrogens with zero attached hydrogens (tertiary/aromatic N) is 2. The fraction of sp³-hybridized carbons (Fsp3) is 0.389. The molecular formula is C18H21N3O4S. The van der Waals surface area contributed by atoms with Crippen LogP contribution in [0, 0.1) is 6.92 Å². The molecule has 2 aromatic rings. The number of anilines is 1. The number of benzene rings is 1. The molecule has 0 bridgehead atoms. The first kappa shape index (κ1) is 18.2. The number of thiazole rings is 1. The van der Waals surface area contributed by atoms with Gasteiger partial charge in [0.15, 0.2) is 5.13 Å². The molecule has 0 atom stereocenters. The maximum atomic E-state index is 13.0. The van der Waals surface area contributed by atoms with Crippen molar-refractivity contribution in [3.05, 3.63) is 34.8 Å². The largest absolute Gasteiger partial charge is 0.497 e. The molecular weight excluding hydrogens is 354 g/mol. The maximum absolute atomic E-state index is 13.0. The van der Waals surface area contributed by atoms with Crippen molar-refractivity contribution in [2.24, 2.45) is 0 Å². The Kier molecular flexibility index (Phi) is 5.41. The van der Waals surface area contributed by atoms with E-state index in [9.17, 15) is 9.59 Å². The predicted molar refractivity (Wildman–Crippen MR) is 99.1 cm³/mol. The number of nitrogens with one attached hydrogen (secondary N) is 1. The first-order chi connectivity index (χ1) is 12.5. The van der Waals surface area contributed by atoms with Gasteiger partial charge in [-0.3, -0.25) is 9.59 Å². The molecule has 138 valence electrons. The summed E-state index contributed by atoms with van der Waals surface area (Å²) < 4.78 is 10.5. The van der Waals surface area contributed by atoms with Gasteiger partial charge in [0.25, 0.3) is 5.91 Å². The van der Waals surface area contributed by atoms with Crippen molar-refractivity contribution in [3.8, 4) is 11.5 Å². The summed E-state index contributed by atoms with van der Waals surface area (Å²) in [6.07, 6.45) is 3.49. The maximum Gasteiger partial charge on any atom is 0.258 e. The summed E-state index contributed by atoms with van der Waals surface area (Å²) in [6.45, 7) is 1.90. The van der Waals surface area contributed by atoms with Crippen LogP contribution in [0.25, 0.3) is 0 Å². The minimum Gasteiger partial charge on any atom is -0.497 e. The van der Waals surface area contributed by atoms with Gasteiger partial charge in [0.1, 0.15) is 18.0 Å². The summed E-state index contributed by atoms with van der Waals surface area (Å²) in [5.74, 6) is 0.550. The van der Waals surface area contributed by atoms with E-state index in [2.05, 4.69) is 10.3 Å². The number of carbonyl (C=O) groups is 2. The molecule has 0 aliphatic heterocycles. The Bertz CT molecular complexity index is 817. The van der Waals surface area contributed by atoms with Crippen molar-refractivity contribution < 1.29 is 19.1 Å². The van der Waals surface area contributed by atoms with E-state index in [0.29, 0.717) is 22.2 Å². The molecule has 2 amide bonds. The van der Waals surface area contributed by atoms with Gasteiger partial charge in [-0.25, -0.2) is 4.98 Å². The van der Waals surface area contributed by atoms with Crippen LogP contribution in [-0.4, -0.2) is 48.5 Å². The van der Waals surface area contributed by atoms with Crippen LogP contribution >= 0.6 is 11.3 Å². The zero-order valence-corrected chi connectivity index (χ0v) is 15.8. The van der Waals surface area contributed by atoms with Gasteiger partial charge < -0.3 is 19.7 Å². The second-order valence-electron chi connectivity index (χ2n) is 6.05. The Balaban J connectivity index is 1.75. The van der Waals surface area contributed by atoms with Crippen LogP contribution in [0.5, 0.6) is 11.5 Å². The van der Waals surface area contributed by atoms with Crippen LogP contribution in [0.4, 0.5) is 5.13 Å². The minimum absolute atomic E-state index is 0.0166. The molecule has 8 heteroatoms. The van der Waals surface area contributed by atoms with Gasteiger partial charge >= 0.3 is 0 Å². The van der Waals surface area contributed by atoms with E-state index in [0.717, 1.165) is 17.7 Å². The molecule has 1 aromatic carbocycles. The molecule has 0 saturated heterocycles. The standard InChI is InChI=1S/C18H21N3O4S/c1-11-9-19-18(26-11)20-16(22)10-21(12-4-5-12)17(23)14-7-6-13(24-2)8-15(14)25-3/h6-9,12H,4-5,10H2,1-3H3,(H,19,20,22). The zero-order valence-electron chi connectivity index (χ0n) is 14.9. The van der Waals surface area contributed by atoms with Crippen LogP contribution in [0.15, 0.2) is 24.4 Å². The highest BCUT2D eigenvalue weighted by Gasteiger charge is 2.35. The molecule has 1 heterocycles. The Morgan fingerprint density at radius 3 is 2.65 bits per heavy atom. The molecule has 0 spiro atoms. The van der Waals surface area contributed by atoms with E-state index < -0.39 is 0 Å². The predicted octanol–water partition coefficient (Wildman–Crippen LogP) is 2.71. The van der Waals surface area contributed by atoms with Crippen LogP contribution in [-0.2, 0) is 4.79 Å². The van der Waals surface area contributed by atoms with Crippen molar-refractivity contribution in [1.29, 1.82) is 0 Å². The number of carbonyl (C=O) groups excluding carboxylic acids is 2. The monoisotopic (exact) mass is 375 g/mol. The average molecular weight is 375 g/mol. The molecule has 1 aliphatic rings. The number of methoxy groups -OCH3 is 2. The van der Waals surface area contributed by atoms with Gasteiger partial charge in [-0.1, -0.05) is 0 Å².